The molecule has 0 saturated carbocycles. The Morgan fingerprint density at radius 1 is 1.03 bits per heavy atom. The number of nitrogens with one attached hydrogen (secondary N) is 2. The highest BCUT2D eigenvalue weighted by Crippen LogP contribution is 2.38. The fourth-order valence-corrected chi connectivity index (χ4v) is 4.76. The highest BCUT2D eigenvalue weighted by molar-refractivity contribution is 7.90. The minimum absolute atomic E-state index is 0.200. The monoisotopic (exact) mass is 466 g/mol. The maximum Gasteiger partial charge on any atom is 0.281 e. The normalized spacial score (nSPS) is 17.5. The van der Waals surface area contributed by atoms with Crippen molar-refractivity contribution in [3.05, 3.63) is 66.5 Å². The third-order valence-corrected chi connectivity index (χ3v) is 7.35. The zero-order valence-corrected chi connectivity index (χ0v) is 19.5. The van der Waals surface area contributed by atoms with Crippen molar-refractivity contribution in [3.63, 3.8) is 0 Å². The van der Waals surface area contributed by atoms with Crippen LogP contribution >= 0.6 is 0 Å². The van der Waals surface area contributed by atoms with Crippen molar-refractivity contribution in [2.75, 3.05) is 16.8 Å². The average Bonchev–Trinajstić information content (AvgIpc) is 3.06. The number of carbonyl (C=O) groups is 1. The van der Waals surface area contributed by atoms with Gasteiger partial charge in [0.1, 0.15) is 17.5 Å². The molecular formula is C23H26N6O3S. The quantitative estimate of drug-likeness (QED) is 0.568. The van der Waals surface area contributed by atoms with Crippen LogP contribution in [0.4, 0.5) is 17.5 Å². The maximum atomic E-state index is 13.1. The molecule has 0 aliphatic carbocycles. The summed E-state index contributed by atoms with van der Waals surface area (Å²) in [6.07, 6.45) is 4.17. The van der Waals surface area contributed by atoms with Crippen LogP contribution in [0.1, 0.15) is 37.6 Å². The predicted molar refractivity (Wildman–Crippen MR) is 126 cm³/mol. The molecule has 9 nitrogen and oxygen atoms in total. The van der Waals surface area contributed by atoms with Crippen LogP contribution in [-0.2, 0) is 10.0 Å². The summed E-state index contributed by atoms with van der Waals surface area (Å²) < 4.78 is 28.1. The van der Waals surface area contributed by atoms with E-state index in [0.29, 0.717) is 23.4 Å². The van der Waals surface area contributed by atoms with Gasteiger partial charge in [0.25, 0.3) is 15.9 Å². The summed E-state index contributed by atoms with van der Waals surface area (Å²) in [4.78, 5) is 27.8. The molecule has 3 aromatic heterocycles. The molecule has 0 radical (unpaired) electrons. The molecule has 3 aromatic rings. The van der Waals surface area contributed by atoms with Gasteiger partial charge in [-0.3, -0.25) is 4.79 Å². The number of hydrogen-bond acceptors (Lipinski definition) is 8. The van der Waals surface area contributed by atoms with E-state index < -0.39 is 15.9 Å². The molecular weight excluding hydrogens is 440 g/mol. The molecule has 1 fully saturated rings. The zero-order valence-electron chi connectivity index (χ0n) is 18.7. The van der Waals surface area contributed by atoms with Crippen LogP contribution in [-0.4, -0.2) is 41.4 Å². The largest absolute Gasteiger partial charge is 0.351 e. The number of pyridine rings is 3. The molecule has 0 spiro atoms. The lowest BCUT2D eigenvalue weighted by Crippen LogP contribution is -2.43. The lowest BCUT2D eigenvalue weighted by Gasteiger charge is -2.36. The number of anilines is 3. The fourth-order valence-electron chi connectivity index (χ4n) is 3.83. The topological polar surface area (TPSA) is 117 Å². The Kier molecular flexibility index (Phi) is 6.03. The Hall–Kier alpha value is -3.53. The number of aromatic nitrogens is 3. The van der Waals surface area contributed by atoms with Crippen molar-refractivity contribution in [1.82, 2.24) is 19.7 Å². The number of amides is 1. The molecule has 2 N–H and O–H groups in total. The van der Waals surface area contributed by atoms with Crippen molar-refractivity contribution in [2.45, 2.75) is 37.8 Å². The van der Waals surface area contributed by atoms with Gasteiger partial charge in [-0.25, -0.2) is 19.7 Å². The summed E-state index contributed by atoms with van der Waals surface area (Å²) in [5.74, 6) is 0.930. The molecule has 1 saturated heterocycles. The molecule has 1 amide bonds. The summed E-state index contributed by atoms with van der Waals surface area (Å²) in [5, 5.41) is 2.66. The van der Waals surface area contributed by atoms with Crippen LogP contribution in [0.5, 0.6) is 0 Å². The Bertz CT molecular complexity index is 1260. The van der Waals surface area contributed by atoms with Crippen molar-refractivity contribution >= 4 is 33.4 Å². The first-order valence-corrected chi connectivity index (χ1v) is 12.1. The Morgan fingerprint density at radius 3 is 2.48 bits per heavy atom. The third kappa shape index (κ3) is 4.65. The van der Waals surface area contributed by atoms with Crippen LogP contribution in [0.25, 0.3) is 0 Å². The minimum Gasteiger partial charge on any atom is -0.351 e. The third-order valence-electron chi connectivity index (χ3n) is 6.12. The van der Waals surface area contributed by atoms with Crippen LogP contribution in [0, 0.1) is 5.92 Å². The van der Waals surface area contributed by atoms with E-state index in [1.807, 2.05) is 0 Å². The molecule has 172 valence electrons. The average molecular weight is 467 g/mol. The van der Waals surface area contributed by atoms with Gasteiger partial charge in [-0.1, -0.05) is 19.1 Å². The second-order valence-electron chi connectivity index (χ2n) is 8.51. The van der Waals surface area contributed by atoms with E-state index in [4.69, 9.17) is 0 Å². The number of nitrogens with zero attached hydrogens (tertiary/aromatic N) is 4. The molecule has 4 rings (SSSR count). The molecule has 33 heavy (non-hydrogen) atoms. The zero-order chi connectivity index (χ0) is 23.6. The highest BCUT2D eigenvalue weighted by atomic mass is 32.2. The first kappa shape index (κ1) is 22.7. The molecule has 1 atom stereocenters. The van der Waals surface area contributed by atoms with Crippen molar-refractivity contribution < 1.29 is 13.2 Å². The second-order valence-corrected chi connectivity index (χ2v) is 10.1. The van der Waals surface area contributed by atoms with Gasteiger partial charge in [-0.15, -0.1) is 0 Å². The molecule has 1 unspecified atom stereocenters. The van der Waals surface area contributed by atoms with E-state index in [0.717, 1.165) is 13.0 Å². The minimum atomic E-state index is -4.22. The second kappa shape index (κ2) is 8.78. The van der Waals surface area contributed by atoms with E-state index in [1.54, 1.807) is 54.9 Å². The maximum absolute atomic E-state index is 13.1. The molecule has 10 heteroatoms. The number of carbonyl (C=O) groups excluding carboxylic acids is 1. The molecule has 0 aromatic carbocycles. The lowest BCUT2D eigenvalue weighted by molar-refractivity contribution is 0.0981. The lowest BCUT2D eigenvalue weighted by atomic mass is 9.90. The molecule has 0 bridgehead atoms. The summed E-state index contributed by atoms with van der Waals surface area (Å²) >= 11 is 0. The predicted octanol–water partition coefficient (Wildman–Crippen LogP) is 3.36. The van der Waals surface area contributed by atoms with Crippen molar-refractivity contribution in [2.24, 2.45) is 5.92 Å². The number of hydrogen-bond donors (Lipinski definition) is 2. The first-order chi connectivity index (χ1) is 15.7. The van der Waals surface area contributed by atoms with E-state index in [2.05, 4.69) is 50.7 Å². The van der Waals surface area contributed by atoms with E-state index in [9.17, 15) is 13.2 Å². The molecule has 4 heterocycles. The standard InChI is InChI=1S/C23H26N6O3S/c1-16-12-15-29(23(16,2)3)21-17(8-7-14-25-21)22(30)28-33(31,32)20-11-6-10-19(27-20)26-18-9-4-5-13-24-18/h4-11,13-14,16H,12,15H2,1-3H3,(H,28,30)(H,24,26,27). The van der Waals surface area contributed by atoms with Crippen molar-refractivity contribution in [1.29, 1.82) is 0 Å². The summed E-state index contributed by atoms with van der Waals surface area (Å²) in [6, 6.07) is 13.0. The van der Waals surface area contributed by atoms with Crippen LogP contribution in [0.15, 0.2) is 66.0 Å². The molecule has 1 aliphatic rings. The Morgan fingerprint density at radius 2 is 1.79 bits per heavy atom. The van der Waals surface area contributed by atoms with Crippen LogP contribution in [0.2, 0.25) is 0 Å². The number of rotatable bonds is 6. The van der Waals surface area contributed by atoms with Gasteiger partial charge in [0.05, 0.1) is 5.56 Å². The SMILES string of the molecule is CC1CCN(c2ncccc2C(=O)NS(=O)(=O)c2cccc(Nc3ccccn3)n2)C1(C)C. The van der Waals surface area contributed by atoms with Gasteiger partial charge in [-0.2, -0.15) is 8.42 Å². The summed E-state index contributed by atoms with van der Waals surface area (Å²) in [5.41, 5.74) is -0.0130. The number of sulfonamides is 1. The van der Waals surface area contributed by atoms with Gasteiger partial charge < -0.3 is 10.2 Å². The van der Waals surface area contributed by atoms with E-state index >= 15 is 0 Å². The van der Waals surface area contributed by atoms with Gasteiger partial charge in [0, 0.05) is 24.5 Å². The van der Waals surface area contributed by atoms with Gasteiger partial charge in [-0.05, 0) is 62.6 Å². The van der Waals surface area contributed by atoms with Gasteiger partial charge >= 0.3 is 0 Å². The highest BCUT2D eigenvalue weighted by Gasteiger charge is 2.40. The van der Waals surface area contributed by atoms with E-state index in [1.165, 1.54) is 6.07 Å². The fraction of sp³-hybridized carbons (Fsp3) is 0.304. The first-order valence-electron chi connectivity index (χ1n) is 10.6. The summed E-state index contributed by atoms with van der Waals surface area (Å²) in [7, 11) is -4.22. The molecule has 1 aliphatic heterocycles. The van der Waals surface area contributed by atoms with Crippen LogP contribution in [0.3, 0.4) is 0 Å². The smallest absolute Gasteiger partial charge is 0.281 e. The van der Waals surface area contributed by atoms with E-state index in [-0.39, 0.29) is 16.1 Å². The Balaban J connectivity index is 1.58. The summed E-state index contributed by atoms with van der Waals surface area (Å²) in [6.45, 7) is 7.09. The van der Waals surface area contributed by atoms with Crippen LogP contribution < -0.4 is 14.9 Å². The van der Waals surface area contributed by atoms with Gasteiger partial charge in [0.2, 0.25) is 0 Å². The van der Waals surface area contributed by atoms with Crippen molar-refractivity contribution in [3.8, 4) is 0 Å². The van der Waals surface area contributed by atoms with Gasteiger partial charge in [0.15, 0.2) is 5.03 Å². The Labute approximate surface area is 193 Å².